The lowest BCUT2D eigenvalue weighted by Crippen LogP contribution is -2.18. The van der Waals surface area contributed by atoms with E-state index in [4.69, 9.17) is 9.26 Å². The van der Waals surface area contributed by atoms with Gasteiger partial charge in [0.1, 0.15) is 5.76 Å². The number of benzene rings is 1. The normalized spacial score (nSPS) is 17.3. The highest BCUT2D eigenvalue weighted by Gasteiger charge is 2.34. The molecule has 7 nitrogen and oxygen atoms in total. The van der Waals surface area contributed by atoms with Crippen molar-refractivity contribution in [3.05, 3.63) is 67.1 Å². The molecule has 34 heavy (non-hydrogen) atoms. The second kappa shape index (κ2) is 9.76. The fraction of sp³-hybridized carbons (Fsp3) is 0.333. The highest BCUT2D eigenvalue weighted by atomic mass is 19.4. The van der Waals surface area contributed by atoms with Crippen LogP contribution in [0.1, 0.15) is 32.1 Å². The molecule has 2 atom stereocenters. The van der Waals surface area contributed by atoms with Gasteiger partial charge in [0.15, 0.2) is 6.29 Å². The Morgan fingerprint density at radius 3 is 2.88 bits per heavy atom. The van der Waals surface area contributed by atoms with Crippen LogP contribution in [0, 0.1) is 5.92 Å². The topological polar surface area (TPSA) is 82.5 Å². The van der Waals surface area contributed by atoms with Gasteiger partial charge in [0.25, 0.3) is 5.89 Å². The molecule has 1 aliphatic rings. The van der Waals surface area contributed by atoms with Crippen LogP contribution in [-0.4, -0.2) is 32.5 Å². The minimum Gasteiger partial charge on any atom is -0.473 e. The number of hydrogen-bond donors (Lipinski definition) is 1. The van der Waals surface area contributed by atoms with Crippen LogP contribution in [0.3, 0.4) is 0 Å². The van der Waals surface area contributed by atoms with Crippen molar-refractivity contribution in [2.24, 2.45) is 5.92 Å². The maximum absolute atomic E-state index is 12.5. The fourth-order valence-electron chi connectivity index (χ4n) is 3.96. The van der Waals surface area contributed by atoms with Crippen molar-refractivity contribution in [3.8, 4) is 11.4 Å². The summed E-state index contributed by atoms with van der Waals surface area (Å²) in [5.41, 5.74) is 2.40. The Hall–Kier alpha value is -3.53. The Morgan fingerprint density at radius 1 is 1.32 bits per heavy atom. The maximum Gasteiger partial charge on any atom is 0.572 e. The minimum absolute atomic E-state index is 0.148. The number of fused-ring (bicyclic) bond motifs is 1. The molecule has 1 aliphatic carbocycles. The number of rotatable bonds is 9. The van der Waals surface area contributed by atoms with Gasteiger partial charge in [0.05, 0.1) is 6.26 Å². The van der Waals surface area contributed by atoms with Gasteiger partial charge < -0.3 is 23.7 Å². The van der Waals surface area contributed by atoms with E-state index in [1.165, 1.54) is 18.4 Å². The van der Waals surface area contributed by atoms with Crippen molar-refractivity contribution >= 4 is 16.5 Å². The van der Waals surface area contributed by atoms with Gasteiger partial charge in [0, 0.05) is 47.1 Å². The van der Waals surface area contributed by atoms with E-state index in [1.807, 2.05) is 30.5 Å². The lowest BCUT2D eigenvalue weighted by atomic mass is 9.94. The highest BCUT2D eigenvalue weighted by molar-refractivity contribution is 5.93. The summed E-state index contributed by atoms with van der Waals surface area (Å²) in [5, 5.41) is 14.7. The second-order valence-electron chi connectivity index (χ2n) is 7.98. The summed E-state index contributed by atoms with van der Waals surface area (Å²) < 4.78 is 54.1. The number of aryl methyl sites for hydroxylation is 1. The first-order valence-corrected chi connectivity index (χ1v) is 10.8. The Morgan fingerprint density at radius 2 is 2.15 bits per heavy atom. The van der Waals surface area contributed by atoms with Gasteiger partial charge in [-0.2, -0.15) is 4.98 Å². The first kappa shape index (κ1) is 23.6. The number of aromatic nitrogens is 3. The molecule has 0 spiro atoms. The van der Waals surface area contributed by atoms with Crippen LogP contribution in [-0.2, 0) is 16.0 Å². The van der Waals surface area contributed by atoms with Crippen molar-refractivity contribution in [1.29, 1.82) is 0 Å². The van der Waals surface area contributed by atoms with Crippen LogP contribution in [0.2, 0.25) is 0 Å². The van der Waals surface area contributed by atoms with Gasteiger partial charge >= 0.3 is 6.36 Å². The van der Waals surface area contributed by atoms with Gasteiger partial charge in [-0.25, -0.2) is 0 Å². The lowest BCUT2D eigenvalue weighted by Gasteiger charge is -2.21. The summed E-state index contributed by atoms with van der Waals surface area (Å²) in [7, 11) is 0. The van der Waals surface area contributed by atoms with Crippen LogP contribution in [0.5, 0.6) is 0 Å². The Bertz CT molecular complexity index is 1230. The summed E-state index contributed by atoms with van der Waals surface area (Å²) in [5.74, 6) is 0.0235. The molecule has 180 valence electrons. The number of halogens is 3. The van der Waals surface area contributed by atoms with Gasteiger partial charge in [-0.15, -0.1) is 13.2 Å². The monoisotopic (exact) mass is 475 g/mol. The summed E-state index contributed by atoms with van der Waals surface area (Å²) >= 11 is 0. The van der Waals surface area contributed by atoms with Crippen LogP contribution in [0.25, 0.3) is 27.9 Å². The molecule has 0 amide bonds. The van der Waals surface area contributed by atoms with E-state index in [2.05, 4.69) is 26.0 Å². The van der Waals surface area contributed by atoms with Gasteiger partial charge in [-0.1, -0.05) is 36.9 Å². The smallest absolute Gasteiger partial charge is 0.473 e. The molecule has 2 aromatic heterocycles. The zero-order valence-electron chi connectivity index (χ0n) is 18.5. The van der Waals surface area contributed by atoms with E-state index in [1.54, 1.807) is 6.92 Å². The van der Waals surface area contributed by atoms with E-state index in [-0.39, 0.29) is 18.1 Å². The number of alkyl halides is 3. The molecule has 0 radical (unpaired) electrons. The Labute approximate surface area is 193 Å². The summed E-state index contributed by atoms with van der Waals surface area (Å²) in [6, 6.07) is 7.72. The third-order valence-electron chi connectivity index (χ3n) is 5.55. The number of hydrogen-bond acceptors (Lipinski definition) is 6. The quantitative estimate of drug-likeness (QED) is 0.311. The largest absolute Gasteiger partial charge is 0.572 e. The van der Waals surface area contributed by atoms with E-state index in [0.29, 0.717) is 30.8 Å². The predicted octanol–water partition coefficient (Wildman–Crippen LogP) is 5.79. The predicted molar refractivity (Wildman–Crippen MR) is 119 cm³/mol. The van der Waals surface area contributed by atoms with E-state index in [0.717, 1.165) is 16.5 Å². The van der Waals surface area contributed by atoms with Crippen molar-refractivity contribution in [1.82, 2.24) is 14.7 Å². The molecule has 0 bridgehead atoms. The van der Waals surface area contributed by atoms with Crippen LogP contribution in [0.4, 0.5) is 13.2 Å². The molecular formula is C24H24F3N3O4. The molecule has 1 aromatic carbocycles. The van der Waals surface area contributed by atoms with Crippen molar-refractivity contribution in [3.63, 3.8) is 0 Å². The standard InChI is InChI=1S/C24H24F3N3O4/c1-3-32-21(31)8-5-12-30-13-11-17-18(6-4-7-19(17)30)22-28-23(34-29-22)16-9-10-20(15(2)14-16)33-24(25,26)27/h3-4,6-7,9-11,13,15,21,31H,1,5,8,12,14H2,2H3. The third-order valence-corrected chi connectivity index (χ3v) is 5.55. The van der Waals surface area contributed by atoms with Crippen molar-refractivity contribution in [2.45, 2.75) is 45.4 Å². The highest BCUT2D eigenvalue weighted by Crippen LogP contribution is 2.35. The summed E-state index contributed by atoms with van der Waals surface area (Å²) in [6.07, 6.45) is 1.83. The van der Waals surface area contributed by atoms with E-state index in [9.17, 15) is 18.3 Å². The number of aliphatic hydroxyl groups excluding tert-OH is 1. The minimum atomic E-state index is -4.72. The van der Waals surface area contributed by atoms with Crippen LogP contribution >= 0.6 is 0 Å². The molecule has 0 saturated heterocycles. The summed E-state index contributed by atoms with van der Waals surface area (Å²) in [6.45, 7) is 5.76. The Balaban J connectivity index is 1.52. The number of nitrogens with zero attached hydrogens (tertiary/aromatic N) is 3. The van der Waals surface area contributed by atoms with E-state index >= 15 is 0 Å². The molecular weight excluding hydrogens is 451 g/mol. The lowest BCUT2D eigenvalue weighted by molar-refractivity contribution is -0.308. The first-order valence-electron chi connectivity index (χ1n) is 10.8. The third kappa shape index (κ3) is 5.33. The molecule has 0 fully saturated rings. The molecule has 10 heteroatoms. The van der Waals surface area contributed by atoms with Crippen LogP contribution < -0.4 is 0 Å². The van der Waals surface area contributed by atoms with E-state index < -0.39 is 18.6 Å². The van der Waals surface area contributed by atoms with Crippen molar-refractivity contribution < 1.29 is 32.3 Å². The SMILES string of the molecule is C=COC(O)CCCn1ccc2c(-c3noc(C4=CC=C(OC(F)(F)F)C(C)C4)n3)cccc21. The average molecular weight is 475 g/mol. The number of ether oxygens (including phenoxy) is 2. The fourth-order valence-corrected chi connectivity index (χ4v) is 3.96. The van der Waals surface area contributed by atoms with Crippen LogP contribution in [0.15, 0.2) is 65.7 Å². The first-order chi connectivity index (χ1) is 16.2. The zero-order chi connectivity index (χ0) is 24.3. The molecule has 2 unspecified atom stereocenters. The molecule has 1 N–H and O–H groups in total. The summed E-state index contributed by atoms with van der Waals surface area (Å²) in [4.78, 5) is 4.50. The zero-order valence-corrected chi connectivity index (χ0v) is 18.5. The second-order valence-corrected chi connectivity index (χ2v) is 7.98. The Kier molecular flexibility index (Phi) is 6.78. The van der Waals surface area contributed by atoms with Crippen molar-refractivity contribution in [2.75, 3.05) is 0 Å². The average Bonchev–Trinajstić information content (AvgIpc) is 3.42. The number of aliphatic hydroxyl groups is 1. The molecule has 3 aromatic rings. The van der Waals surface area contributed by atoms with Gasteiger partial charge in [0.2, 0.25) is 5.82 Å². The maximum atomic E-state index is 12.5. The molecule has 0 saturated carbocycles. The van der Waals surface area contributed by atoms with Gasteiger partial charge in [-0.3, -0.25) is 0 Å². The number of allylic oxidation sites excluding steroid dienone is 4. The molecule has 2 heterocycles. The van der Waals surface area contributed by atoms with Gasteiger partial charge in [-0.05, 0) is 31.1 Å². The molecule has 4 rings (SSSR count). The molecule has 0 aliphatic heterocycles.